The summed E-state index contributed by atoms with van der Waals surface area (Å²) in [4.78, 5) is 11.9. The number of carbonyl (C=O) groups is 1. The van der Waals surface area contributed by atoms with Crippen LogP contribution < -0.4 is 0 Å². The van der Waals surface area contributed by atoms with Gasteiger partial charge in [0.05, 0.1) is 5.41 Å². The zero-order valence-electron chi connectivity index (χ0n) is 14.3. The quantitative estimate of drug-likeness (QED) is 0.711. The molecule has 0 radical (unpaired) electrons. The van der Waals surface area contributed by atoms with Crippen molar-refractivity contribution in [3.05, 3.63) is 24.3 Å². The van der Waals surface area contributed by atoms with E-state index in [0.29, 0.717) is 5.92 Å². The van der Waals surface area contributed by atoms with Gasteiger partial charge in [0.2, 0.25) is 0 Å². The summed E-state index contributed by atoms with van der Waals surface area (Å²) in [6.45, 7) is 10.7. The van der Waals surface area contributed by atoms with Gasteiger partial charge in [0.1, 0.15) is 0 Å². The van der Waals surface area contributed by atoms with E-state index in [9.17, 15) is 9.90 Å². The van der Waals surface area contributed by atoms with E-state index in [4.69, 9.17) is 0 Å². The van der Waals surface area contributed by atoms with Gasteiger partial charge in [-0.1, -0.05) is 38.0 Å². The molecular formula is C20H30O2. The summed E-state index contributed by atoms with van der Waals surface area (Å²) in [5.74, 6) is 0.276. The molecule has 3 aliphatic carbocycles. The first kappa shape index (κ1) is 15.8. The maximum absolute atomic E-state index is 11.9. The smallest absolute Gasteiger partial charge is 0.309 e. The minimum absolute atomic E-state index is 0.165. The third kappa shape index (κ3) is 2.10. The molecule has 2 fully saturated rings. The SMILES string of the molecule is C=C[C@@]1(C)CC[C@H]2C(=CC[C@@H]3[C@]2(C)CCC[C@@]3(C)C(=O)O)C1. The predicted octanol–water partition coefficient (Wildman–Crippen LogP) is 5.21. The van der Waals surface area contributed by atoms with E-state index in [1.54, 1.807) is 5.57 Å². The Morgan fingerprint density at radius 2 is 2.05 bits per heavy atom. The van der Waals surface area contributed by atoms with Crippen LogP contribution in [-0.2, 0) is 4.79 Å². The van der Waals surface area contributed by atoms with Crippen molar-refractivity contribution in [2.75, 3.05) is 0 Å². The molecule has 0 spiro atoms. The molecule has 5 atom stereocenters. The monoisotopic (exact) mass is 302 g/mol. The third-order valence-electron chi connectivity index (χ3n) is 7.43. The van der Waals surface area contributed by atoms with Crippen LogP contribution in [0.2, 0.25) is 0 Å². The normalized spacial score (nSPS) is 47.9. The molecule has 0 bridgehead atoms. The van der Waals surface area contributed by atoms with Crippen molar-refractivity contribution in [1.82, 2.24) is 0 Å². The lowest BCUT2D eigenvalue weighted by atomic mass is 9.45. The lowest BCUT2D eigenvalue weighted by molar-refractivity contribution is -0.163. The topological polar surface area (TPSA) is 37.3 Å². The average Bonchev–Trinajstić information content (AvgIpc) is 2.46. The molecular weight excluding hydrogens is 272 g/mol. The van der Waals surface area contributed by atoms with E-state index in [1.165, 1.54) is 19.3 Å². The Hall–Kier alpha value is -1.05. The Balaban J connectivity index is 1.98. The molecule has 0 unspecified atom stereocenters. The molecule has 0 aromatic carbocycles. The van der Waals surface area contributed by atoms with E-state index >= 15 is 0 Å². The fourth-order valence-electron chi connectivity index (χ4n) is 5.86. The Bertz CT molecular complexity index is 534. The first-order valence-electron chi connectivity index (χ1n) is 8.81. The van der Waals surface area contributed by atoms with E-state index < -0.39 is 11.4 Å². The second kappa shape index (κ2) is 4.97. The summed E-state index contributed by atoms with van der Waals surface area (Å²) in [7, 11) is 0. The number of rotatable bonds is 2. The van der Waals surface area contributed by atoms with Crippen LogP contribution in [0, 0.1) is 28.1 Å². The van der Waals surface area contributed by atoms with Crippen molar-refractivity contribution in [2.45, 2.75) is 65.7 Å². The van der Waals surface area contributed by atoms with Gasteiger partial charge in [-0.25, -0.2) is 0 Å². The molecule has 0 saturated heterocycles. The van der Waals surface area contributed by atoms with Crippen LogP contribution in [0.3, 0.4) is 0 Å². The maximum Gasteiger partial charge on any atom is 0.309 e. The summed E-state index contributed by atoms with van der Waals surface area (Å²) < 4.78 is 0. The molecule has 0 aliphatic heterocycles. The minimum Gasteiger partial charge on any atom is -0.481 e. The van der Waals surface area contributed by atoms with Gasteiger partial charge in [-0.05, 0) is 68.1 Å². The molecule has 1 N–H and O–H groups in total. The van der Waals surface area contributed by atoms with Gasteiger partial charge in [0.25, 0.3) is 0 Å². The molecule has 3 aliphatic rings. The minimum atomic E-state index is -0.591. The number of carboxylic acids is 1. The van der Waals surface area contributed by atoms with Crippen LogP contribution in [-0.4, -0.2) is 11.1 Å². The van der Waals surface area contributed by atoms with Gasteiger partial charge >= 0.3 is 5.97 Å². The van der Waals surface area contributed by atoms with Crippen LogP contribution in [0.1, 0.15) is 65.7 Å². The molecule has 0 aromatic heterocycles. The third-order valence-corrected chi connectivity index (χ3v) is 7.43. The maximum atomic E-state index is 11.9. The summed E-state index contributed by atoms with van der Waals surface area (Å²) >= 11 is 0. The number of hydrogen-bond donors (Lipinski definition) is 1. The van der Waals surface area contributed by atoms with Gasteiger partial charge in [0, 0.05) is 0 Å². The highest BCUT2D eigenvalue weighted by Crippen LogP contribution is 2.63. The number of aliphatic carboxylic acids is 1. The Labute approximate surface area is 134 Å². The van der Waals surface area contributed by atoms with Crippen LogP contribution in [0.15, 0.2) is 24.3 Å². The van der Waals surface area contributed by atoms with E-state index in [-0.39, 0.29) is 16.7 Å². The molecule has 0 aromatic rings. The van der Waals surface area contributed by atoms with Crippen LogP contribution in [0.4, 0.5) is 0 Å². The van der Waals surface area contributed by atoms with E-state index in [1.807, 2.05) is 6.92 Å². The van der Waals surface area contributed by atoms with E-state index in [0.717, 1.165) is 25.7 Å². The van der Waals surface area contributed by atoms with Gasteiger partial charge in [-0.15, -0.1) is 6.58 Å². The lowest BCUT2D eigenvalue weighted by Crippen LogP contribution is -2.53. The molecule has 0 heterocycles. The Kier molecular flexibility index (Phi) is 3.58. The Morgan fingerprint density at radius 1 is 1.32 bits per heavy atom. The van der Waals surface area contributed by atoms with Gasteiger partial charge in [-0.2, -0.15) is 0 Å². The predicted molar refractivity (Wildman–Crippen MR) is 89.5 cm³/mol. The van der Waals surface area contributed by atoms with Crippen molar-refractivity contribution < 1.29 is 9.90 Å². The van der Waals surface area contributed by atoms with Crippen molar-refractivity contribution in [1.29, 1.82) is 0 Å². The molecule has 22 heavy (non-hydrogen) atoms. The standard InChI is InChI=1S/C20H30O2/c1-5-18(2)12-9-15-14(13-18)7-8-16-19(15,3)10-6-11-20(16,4)17(21)22/h5,7,15-16H,1,6,8-13H2,2-4H3,(H,21,22)/t15-,16+,18-,19+,20+/m0/s1. The molecule has 122 valence electrons. The number of hydrogen-bond acceptors (Lipinski definition) is 1. The summed E-state index contributed by atoms with van der Waals surface area (Å²) in [6, 6.07) is 0. The van der Waals surface area contributed by atoms with Crippen molar-refractivity contribution >= 4 is 5.97 Å². The number of allylic oxidation sites excluding steroid dienone is 3. The zero-order valence-corrected chi connectivity index (χ0v) is 14.3. The summed E-state index contributed by atoms with van der Waals surface area (Å²) in [5, 5.41) is 9.83. The summed E-state index contributed by atoms with van der Waals surface area (Å²) in [6.07, 6.45) is 12.0. The van der Waals surface area contributed by atoms with Gasteiger partial charge < -0.3 is 5.11 Å². The lowest BCUT2D eigenvalue weighted by Gasteiger charge is -2.58. The second-order valence-corrected chi connectivity index (χ2v) is 8.78. The second-order valence-electron chi connectivity index (χ2n) is 8.78. The van der Waals surface area contributed by atoms with Gasteiger partial charge in [0.15, 0.2) is 0 Å². The van der Waals surface area contributed by atoms with Crippen LogP contribution >= 0.6 is 0 Å². The Morgan fingerprint density at radius 3 is 2.68 bits per heavy atom. The summed E-state index contributed by atoms with van der Waals surface area (Å²) in [5.41, 5.74) is 1.43. The van der Waals surface area contributed by atoms with Crippen LogP contribution in [0.5, 0.6) is 0 Å². The van der Waals surface area contributed by atoms with Crippen LogP contribution in [0.25, 0.3) is 0 Å². The van der Waals surface area contributed by atoms with Crippen molar-refractivity contribution in [3.63, 3.8) is 0 Å². The molecule has 2 saturated carbocycles. The number of fused-ring (bicyclic) bond motifs is 3. The first-order chi connectivity index (χ1) is 10.3. The van der Waals surface area contributed by atoms with Gasteiger partial charge in [-0.3, -0.25) is 4.79 Å². The molecule has 2 nitrogen and oxygen atoms in total. The van der Waals surface area contributed by atoms with Crippen molar-refractivity contribution in [2.24, 2.45) is 28.1 Å². The highest BCUT2D eigenvalue weighted by atomic mass is 16.4. The molecule has 2 heteroatoms. The van der Waals surface area contributed by atoms with E-state index in [2.05, 4.69) is 32.6 Å². The molecule has 3 rings (SSSR count). The highest BCUT2D eigenvalue weighted by molar-refractivity contribution is 5.75. The first-order valence-corrected chi connectivity index (χ1v) is 8.81. The fourth-order valence-corrected chi connectivity index (χ4v) is 5.86. The average molecular weight is 302 g/mol. The number of carboxylic acid groups (broad SMARTS) is 1. The highest BCUT2D eigenvalue weighted by Gasteiger charge is 2.58. The largest absolute Gasteiger partial charge is 0.481 e. The molecule has 0 amide bonds. The zero-order chi connectivity index (χ0) is 16.2. The van der Waals surface area contributed by atoms with Crippen molar-refractivity contribution in [3.8, 4) is 0 Å². The fraction of sp³-hybridized carbons (Fsp3) is 0.750.